The second-order valence-electron chi connectivity index (χ2n) is 4.69. The maximum Gasteiger partial charge on any atom is 0.123 e. The Bertz CT molecular complexity index is 698. The molecule has 0 fully saturated rings. The summed E-state index contributed by atoms with van der Waals surface area (Å²) in [5, 5.41) is 0. The van der Waals surface area contributed by atoms with Crippen molar-refractivity contribution in [2.75, 3.05) is 0 Å². The number of benzene rings is 2. The average Bonchev–Trinajstić information content (AvgIpc) is 2.82. The molecule has 1 aromatic heterocycles. The number of nitrogens with one attached hydrogen (secondary N) is 1. The molecule has 1 N–H and O–H groups in total. The zero-order valence-electron chi connectivity index (χ0n) is 10.8. The van der Waals surface area contributed by atoms with Gasteiger partial charge in [0, 0.05) is 6.42 Å². The first-order valence-corrected chi connectivity index (χ1v) is 6.46. The Morgan fingerprint density at radius 2 is 1.79 bits per heavy atom. The molecule has 0 atom stereocenters. The molecule has 0 radical (unpaired) electrons. The van der Waals surface area contributed by atoms with Crippen LogP contribution in [-0.2, 0) is 12.8 Å². The Labute approximate surface area is 111 Å². The van der Waals surface area contributed by atoms with E-state index >= 15 is 0 Å². The zero-order chi connectivity index (χ0) is 13.2. The van der Waals surface area contributed by atoms with Crippen LogP contribution in [0.1, 0.15) is 23.9 Å². The minimum absolute atomic E-state index is 0.207. The van der Waals surface area contributed by atoms with Crippen molar-refractivity contribution >= 4 is 11.0 Å². The number of aromatic nitrogens is 2. The molecule has 19 heavy (non-hydrogen) atoms. The lowest BCUT2D eigenvalue weighted by Gasteiger charge is -1.97. The second-order valence-corrected chi connectivity index (χ2v) is 4.69. The third kappa shape index (κ3) is 2.50. The lowest BCUT2D eigenvalue weighted by atomic mass is 10.1. The highest BCUT2D eigenvalue weighted by atomic mass is 19.1. The number of fused-ring (bicyclic) bond motifs is 1. The van der Waals surface area contributed by atoms with Crippen LogP contribution in [0.15, 0.2) is 42.5 Å². The molecule has 2 nitrogen and oxygen atoms in total. The summed E-state index contributed by atoms with van der Waals surface area (Å²) in [6.07, 6.45) is 1.71. The van der Waals surface area contributed by atoms with Crippen LogP contribution in [0.5, 0.6) is 0 Å². The average molecular weight is 254 g/mol. The first-order valence-electron chi connectivity index (χ1n) is 6.46. The van der Waals surface area contributed by atoms with Gasteiger partial charge in [0.15, 0.2) is 0 Å². The van der Waals surface area contributed by atoms with Crippen LogP contribution >= 0.6 is 0 Å². The monoisotopic (exact) mass is 254 g/mol. The summed E-state index contributed by atoms with van der Waals surface area (Å²) >= 11 is 0. The number of aryl methyl sites for hydroxylation is 1. The van der Waals surface area contributed by atoms with Gasteiger partial charge in [0.2, 0.25) is 0 Å². The number of rotatable bonds is 3. The van der Waals surface area contributed by atoms with E-state index < -0.39 is 0 Å². The zero-order valence-corrected chi connectivity index (χ0v) is 10.8. The van der Waals surface area contributed by atoms with E-state index in [1.165, 1.54) is 17.7 Å². The fourth-order valence-corrected chi connectivity index (χ4v) is 2.21. The molecule has 3 rings (SSSR count). The molecule has 0 saturated carbocycles. The first kappa shape index (κ1) is 11.9. The fourth-order valence-electron chi connectivity index (χ4n) is 2.21. The van der Waals surface area contributed by atoms with Gasteiger partial charge in [-0.1, -0.05) is 25.1 Å². The van der Waals surface area contributed by atoms with Crippen LogP contribution in [-0.4, -0.2) is 9.97 Å². The van der Waals surface area contributed by atoms with Crippen molar-refractivity contribution in [3.63, 3.8) is 0 Å². The molecule has 0 bridgehead atoms. The lowest BCUT2D eigenvalue weighted by molar-refractivity contribution is 0.627. The number of hydrogen-bond donors (Lipinski definition) is 1. The van der Waals surface area contributed by atoms with Crippen LogP contribution in [0, 0.1) is 5.82 Å². The van der Waals surface area contributed by atoms with Crippen LogP contribution in [0.2, 0.25) is 0 Å². The van der Waals surface area contributed by atoms with Gasteiger partial charge >= 0.3 is 0 Å². The number of nitrogens with zero attached hydrogens (tertiary/aromatic N) is 1. The number of aromatic amines is 1. The third-order valence-electron chi connectivity index (χ3n) is 3.29. The van der Waals surface area contributed by atoms with E-state index in [1.807, 2.05) is 6.07 Å². The SMILES string of the molecule is CCc1ccc2nc(Cc3ccc(F)cc3)[nH]c2c1. The first-order chi connectivity index (χ1) is 9.24. The molecular weight excluding hydrogens is 239 g/mol. The third-order valence-corrected chi connectivity index (χ3v) is 3.29. The standard InChI is InChI=1S/C16H15FN2/c1-2-11-5-8-14-15(9-11)19-16(18-14)10-12-3-6-13(17)7-4-12/h3-9H,2,10H2,1H3,(H,18,19). The second kappa shape index (κ2) is 4.84. The molecule has 0 unspecified atom stereocenters. The van der Waals surface area contributed by atoms with Crippen molar-refractivity contribution in [2.24, 2.45) is 0 Å². The van der Waals surface area contributed by atoms with Crippen LogP contribution in [0.3, 0.4) is 0 Å². The normalized spacial score (nSPS) is 11.1. The Morgan fingerprint density at radius 1 is 1.05 bits per heavy atom. The fraction of sp³-hybridized carbons (Fsp3) is 0.188. The number of halogens is 1. The van der Waals surface area contributed by atoms with Crippen molar-refractivity contribution in [3.8, 4) is 0 Å². The van der Waals surface area contributed by atoms with Gasteiger partial charge in [0.05, 0.1) is 11.0 Å². The van der Waals surface area contributed by atoms with E-state index in [-0.39, 0.29) is 5.82 Å². The van der Waals surface area contributed by atoms with E-state index in [2.05, 4.69) is 29.0 Å². The molecule has 0 aliphatic rings. The summed E-state index contributed by atoms with van der Waals surface area (Å²) in [5.41, 5.74) is 4.39. The minimum atomic E-state index is -0.207. The molecule has 0 aliphatic heterocycles. The van der Waals surface area contributed by atoms with Crippen molar-refractivity contribution < 1.29 is 4.39 Å². The predicted molar refractivity (Wildman–Crippen MR) is 74.7 cm³/mol. The van der Waals surface area contributed by atoms with Gasteiger partial charge < -0.3 is 4.98 Å². The maximum absolute atomic E-state index is 12.9. The van der Waals surface area contributed by atoms with Gasteiger partial charge in [0.1, 0.15) is 11.6 Å². The summed E-state index contributed by atoms with van der Waals surface area (Å²) in [4.78, 5) is 7.89. The van der Waals surface area contributed by atoms with E-state index in [9.17, 15) is 4.39 Å². The number of hydrogen-bond acceptors (Lipinski definition) is 1. The Balaban J connectivity index is 1.90. The van der Waals surface area contributed by atoms with Gasteiger partial charge in [-0.15, -0.1) is 0 Å². The summed E-state index contributed by atoms with van der Waals surface area (Å²) in [7, 11) is 0. The van der Waals surface area contributed by atoms with Gasteiger partial charge in [-0.3, -0.25) is 0 Å². The van der Waals surface area contributed by atoms with Crippen molar-refractivity contribution in [1.82, 2.24) is 9.97 Å². The van der Waals surface area contributed by atoms with E-state index in [1.54, 1.807) is 12.1 Å². The molecule has 0 saturated heterocycles. The van der Waals surface area contributed by atoms with Gasteiger partial charge in [-0.25, -0.2) is 9.37 Å². The summed E-state index contributed by atoms with van der Waals surface area (Å²) in [6, 6.07) is 12.8. The van der Waals surface area contributed by atoms with Crippen LogP contribution in [0.4, 0.5) is 4.39 Å². The molecule has 3 aromatic rings. The number of H-pyrrole nitrogens is 1. The Kier molecular flexibility index (Phi) is 3.03. The molecule has 2 aromatic carbocycles. The molecule has 1 heterocycles. The summed E-state index contributed by atoms with van der Waals surface area (Å²) in [5.74, 6) is 0.704. The maximum atomic E-state index is 12.9. The van der Waals surface area contributed by atoms with E-state index in [0.29, 0.717) is 6.42 Å². The highest BCUT2D eigenvalue weighted by molar-refractivity contribution is 5.75. The number of imidazole rings is 1. The smallest absolute Gasteiger partial charge is 0.123 e. The molecule has 0 spiro atoms. The molecule has 0 aliphatic carbocycles. The topological polar surface area (TPSA) is 28.7 Å². The minimum Gasteiger partial charge on any atom is -0.342 e. The lowest BCUT2D eigenvalue weighted by Crippen LogP contribution is -1.90. The molecular formula is C16H15FN2. The quantitative estimate of drug-likeness (QED) is 0.755. The highest BCUT2D eigenvalue weighted by Gasteiger charge is 2.04. The predicted octanol–water partition coefficient (Wildman–Crippen LogP) is 3.86. The van der Waals surface area contributed by atoms with Gasteiger partial charge in [-0.2, -0.15) is 0 Å². The molecule has 3 heteroatoms. The Hall–Kier alpha value is -2.16. The van der Waals surface area contributed by atoms with Crippen molar-refractivity contribution in [2.45, 2.75) is 19.8 Å². The van der Waals surface area contributed by atoms with Crippen molar-refractivity contribution in [1.29, 1.82) is 0 Å². The summed E-state index contributed by atoms with van der Waals surface area (Å²) < 4.78 is 12.9. The Morgan fingerprint density at radius 3 is 2.53 bits per heavy atom. The van der Waals surface area contributed by atoms with Gasteiger partial charge in [0.25, 0.3) is 0 Å². The van der Waals surface area contributed by atoms with E-state index in [4.69, 9.17) is 0 Å². The molecule has 0 amide bonds. The van der Waals surface area contributed by atoms with Crippen LogP contribution < -0.4 is 0 Å². The van der Waals surface area contributed by atoms with Crippen LogP contribution in [0.25, 0.3) is 11.0 Å². The largest absolute Gasteiger partial charge is 0.342 e. The summed E-state index contributed by atoms with van der Waals surface area (Å²) in [6.45, 7) is 2.14. The van der Waals surface area contributed by atoms with Crippen molar-refractivity contribution in [3.05, 3.63) is 65.2 Å². The molecule has 96 valence electrons. The van der Waals surface area contributed by atoms with Gasteiger partial charge in [-0.05, 0) is 41.8 Å². The highest BCUT2D eigenvalue weighted by Crippen LogP contribution is 2.16. The van der Waals surface area contributed by atoms with E-state index in [0.717, 1.165) is 28.8 Å².